The van der Waals surface area contributed by atoms with E-state index in [0.717, 1.165) is 17.2 Å². The Labute approximate surface area is 103 Å². The van der Waals surface area contributed by atoms with Crippen molar-refractivity contribution < 1.29 is 18.0 Å². The summed E-state index contributed by atoms with van der Waals surface area (Å²) in [6, 6.07) is 0.923. The summed E-state index contributed by atoms with van der Waals surface area (Å²) in [5.41, 5.74) is -0.669. The summed E-state index contributed by atoms with van der Waals surface area (Å²) in [7, 11) is 0. The molecule has 1 rings (SSSR count). The van der Waals surface area contributed by atoms with Gasteiger partial charge in [0.1, 0.15) is 6.54 Å². The van der Waals surface area contributed by atoms with Crippen molar-refractivity contribution in [2.75, 3.05) is 0 Å². The van der Waals surface area contributed by atoms with E-state index in [1.54, 1.807) is 0 Å². The molecule has 0 aliphatic carbocycles. The van der Waals surface area contributed by atoms with E-state index in [1.165, 1.54) is 6.92 Å². The lowest BCUT2D eigenvalue weighted by Crippen LogP contribution is -2.35. The largest absolute Gasteiger partial charge is 0.435 e. The third kappa shape index (κ3) is 3.75. The van der Waals surface area contributed by atoms with Crippen LogP contribution in [0.5, 0.6) is 0 Å². The molecule has 1 unspecified atom stereocenters. The van der Waals surface area contributed by atoms with Crippen molar-refractivity contribution in [1.29, 1.82) is 0 Å². The zero-order chi connectivity index (χ0) is 13.9. The summed E-state index contributed by atoms with van der Waals surface area (Å²) in [5, 5.41) is 6.06. The van der Waals surface area contributed by atoms with Crippen molar-refractivity contribution in [1.82, 2.24) is 15.1 Å². The minimum Gasteiger partial charge on any atom is -0.352 e. The Bertz CT molecular complexity index is 426. The maximum absolute atomic E-state index is 12.4. The van der Waals surface area contributed by atoms with Gasteiger partial charge in [0.05, 0.1) is 0 Å². The molecular formula is C11H16F3N3O. The molecule has 0 aliphatic rings. The first-order valence-electron chi connectivity index (χ1n) is 5.65. The fraction of sp³-hybridized carbons (Fsp3) is 0.636. The fourth-order valence-corrected chi connectivity index (χ4v) is 1.37. The second-order valence-corrected chi connectivity index (χ2v) is 4.20. The number of carbonyl (C=O) groups excluding carboxylic acids is 1. The van der Waals surface area contributed by atoms with Gasteiger partial charge in [0, 0.05) is 11.7 Å². The Balaban J connectivity index is 2.74. The van der Waals surface area contributed by atoms with Gasteiger partial charge in [-0.15, -0.1) is 0 Å². The lowest BCUT2D eigenvalue weighted by atomic mass is 10.2. The first-order chi connectivity index (χ1) is 8.24. The van der Waals surface area contributed by atoms with Crippen LogP contribution in [0.2, 0.25) is 0 Å². The quantitative estimate of drug-likeness (QED) is 0.904. The SMILES string of the molecule is CCC(C)NC(=O)Cn1nc(C(F)(F)F)cc1C. The summed E-state index contributed by atoms with van der Waals surface area (Å²) in [6.45, 7) is 5.02. The first-order valence-corrected chi connectivity index (χ1v) is 5.65. The van der Waals surface area contributed by atoms with Crippen LogP contribution in [0.15, 0.2) is 6.07 Å². The second kappa shape index (κ2) is 5.41. The number of rotatable bonds is 4. The molecule has 18 heavy (non-hydrogen) atoms. The smallest absolute Gasteiger partial charge is 0.352 e. The predicted molar refractivity (Wildman–Crippen MR) is 59.9 cm³/mol. The molecular weight excluding hydrogens is 247 g/mol. The molecule has 0 aliphatic heterocycles. The molecule has 0 aromatic carbocycles. The summed E-state index contributed by atoms with van der Waals surface area (Å²) >= 11 is 0. The summed E-state index contributed by atoms with van der Waals surface area (Å²) in [5.74, 6) is -0.343. The van der Waals surface area contributed by atoms with Gasteiger partial charge in [0.25, 0.3) is 0 Å². The maximum Gasteiger partial charge on any atom is 0.435 e. The number of hydrogen-bond donors (Lipinski definition) is 1. The van der Waals surface area contributed by atoms with Gasteiger partial charge in [-0.05, 0) is 26.3 Å². The zero-order valence-corrected chi connectivity index (χ0v) is 10.5. The minimum atomic E-state index is -4.48. The zero-order valence-electron chi connectivity index (χ0n) is 10.5. The van der Waals surface area contributed by atoms with E-state index in [2.05, 4.69) is 10.4 Å². The van der Waals surface area contributed by atoms with Crippen LogP contribution >= 0.6 is 0 Å². The number of aryl methyl sites for hydroxylation is 1. The molecule has 1 aromatic heterocycles. The Morgan fingerprint density at radius 1 is 1.56 bits per heavy atom. The van der Waals surface area contributed by atoms with Crippen molar-refractivity contribution in [2.45, 2.75) is 46.0 Å². The molecule has 0 fully saturated rings. The standard InChI is InChI=1S/C11H16F3N3O/c1-4-7(2)15-10(18)6-17-8(3)5-9(16-17)11(12,13)14/h5,7H,4,6H2,1-3H3,(H,15,18). The van der Waals surface area contributed by atoms with Crippen molar-refractivity contribution in [2.24, 2.45) is 0 Å². The lowest BCUT2D eigenvalue weighted by Gasteiger charge is -2.11. The Morgan fingerprint density at radius 2 is 2.17 bits per heavy atom. The molecule has 102 valence electrons. The summed E-state index contributed by atoms with van der Waals surface area (Å²) in [4.78, 5) is 11.5. The number of aromatic nitrogens is 2. The van der Waals surface area contributed by atoms with E-state index >= 15 is 0 Å². The number of alkyl halides is 3. The highest BCUT2D eigenvalue weighted by atomic mass is 19.4. The molecule has 0 saturated heterocycles. The molecule has 0 bridgehead atoms. The summed E-state index contributed by atoms with van der Waals surface area (Å²) in [6.07, 6.45) is -3.72. The number of nitrogens with one attached hydrogen (secondary N) is 1. The van der Waals surface area contributed by atoms with Crippen LogP contribution in [0, 0.1) is 6.92 Å². The van der Waals surface area contributed by atoms with Gasteiger partial charge in [-0.2, -0.15) is 18.3 Å². The number of nitrogens with zero attached hydrogens (tertiary/aromatic N) is 2. The molecule has 1 atom stereocenters. The van der Waals surface area contributed by atoms with Gasteiger partial charge >= 0.3 is 6.18 Å². The van der Waals surface area contributed by atoms with Crippen molar-refractivity contribution >= 4 is 5.91 Å². The number of carbonyl (C=O) groups is 1. The fourth-order valence-electron chi connectivity index (χ4n) is 1.37. The van der Waals surface area contributed by atoms with Crippen LogP contribution < -0.4 is 5.32 Å². The van der Waals surface area contributed by atoms with Gasteiger partial charge in [-0.25, -0.2) is 0 Å². The average molecular weight is 263 g/mol. The van der Waals surface area contributed by atoms with Crippen LogP contribution in [0.4, 0.5) is 13.2 Å². The van der Waals surface area contributed by atoms with Gasteiger partial charge in [0.2, 0.25) is 5.91 Å². The topological polar surface area (TPSA) is 46.9 Å². The average Bonchev–Trinajstić information content (AvgIpc) is 2.59. The number of halogens is 3. The molecule has 4 nitrogen and oxygen atoms in total. The predicted octanol–water partition coefficient (Wildman–Crippen LogP) is 2.13. The van der Waals surface area contributed by atoms with Crippen LogP contribution in [0.25, 0.3) is 0 Å². The van der Waals surface area contributed by atoms with E-state index in [-0.39, 0.29) is 18.5 Å². The Kier molecular flexibility index (Phi) is 4.37. The summed E-state index contributed by atoms with van der Waals surface area (Å²) < 4.78 is 38.3. The highest BCUT2D eigenvalue weighted by Crippen LogP contribution is 2.28. The molecule has 0 spiro atoms. The molecule has 0 saturated carbocycles. The monoisotopic (exact) mass is 263 g/mol. The van der Waals surface area contributed by atoms with E-state index in [1.807, 2.05) is 13.8 Å². The van der Waals surface area contributed by atoms with E-state index < -0.39 is 11.9 Å². The van der Waals surface area contributed by atoms with Crippen LogP contribution in [0.3, 0.4) is 0 Å². The highest BCUT2D eigenvalue weighted by molar-refractivity contribution is 5.76. The van der Waals surface area contributed by atoms with Crippen LogP contribution in [-0.4, -0.2) is 21.7 Å². The van der Waals surface area contributed by atoms with Crippen LogP contribution in [-0.2, 0) is 17.5 Å². The lowest BCUT2D eigenvalue weighted by molar-refractivity contribution is -0.141. The highest BCUT2D eigenvalue weighted by Gasteiger charge is 2.34. The van der Waals surface area contributed by atoms with Crippen molar-refractivity contribution in [3.05, 3.63) is 17.5 Å². The Morgan fingerprint density at radius 3 is 2.61 bits per heavy atom. The molecule has 1 amide bonds. The van der Waals surface area contributed by atoms with Crippen molar-refractivity contribution in [3.63, 3.8) is 0 Å². The van der Waals surface area contributed by atoms with Crippen molar-refractivity contribution in [3.8, 4) is 0 Å². The van der Waals surface area contributed by atoms with Gasteiger partial charge in [0.15, 0.2) is 5.69 Å². The van der Waals surface area contributed by atoms with Crippen LogP contribution in [0.1, 0.15) is 31.7 Å². The molecule has 1 aromatic rings. The first kappa shape index (κ1) is 14.5. The second-order valence-electron chi connectivity index (χ2n) is 4.20. The van der Waals surface area contributed by atoms with E-state index in [9.17, 15) is 18.0 Å². The molecule has 0 radical (unpaired) electrons. The van der Waals surface area contributed by atoms with E-state index in [0.29, 0.717) is 5.69 Å². The van der Waals surface area contributed by atoms with Gasteiger partial charge in [-0.1, -0.05) is 6.92 Å². The Hall–Kier alpha value is -1.53. The van der Waals surface area contributed by atoms with Gasteiger partial charge in [-0.3, -0.25) is 9.48 Å². The number of hydrogen-bond acceptors (Lipinski definition) is 2. The minimum absolute atomic E-state index is 0.00421. The van der Waals surface area contributed by atoms with E-state index in [4.69, 9.17) is 0 Å². The molecule has 1 heterocycles. The normalized spacial score (nSPS) is 13.4. The maximum atomic E-state index is 12.4. The molecule has 1 N–H and O–H groups in total. The third-order valence-corrected chi connectivity index (χ3v) is 2.58. The van der Waals surface area contributed by atoms with Gasteiger partial charge < -0.3 is 5.32 Å². The third-order valence-electron chi connectivity index (χ3n) is 2.58. The number of amides is 1. The molecule has 7 heteroatoms.